The lowest BCUT2D eigenvalue weighted by Gasteiger charge is -2.07. The first-order chi connectivity index (χ1) is 12.0. The number of rotatable bonds is 4. The van der Waals surface area contributed by atoms with Crippen molar-refractivity contribution < 1.29 is 9.18 Å². The molecule has 0 aliphatic rings. The van der Waals surface area contributed by atoms with Crippen molar-refractivity contribution in [1.29, 1.82) is 5.26 Å². The molecule has 1 N–H and O–H groups in total. The number of halogens is 1. The Hall–Kier alpha value is -3.20. The Bertz CT molecular complexity index is 1000. The van der Waals surface area contributed by atoms with Crippen LogP contribution in [-0.2, 0) is 6.54 Å². The van der Waals surface area contributed by atoms with Gasteiger partial charge in [0.2, 0.25) is 0 Å². The van der Waals surface area contributed by atoms with Crippen molar-refractivity contribution in [3.05, 3.63) is 59.2 Å². The van der Waals surface area contributed by atoms with Crippen LogP contribution in [0.25, 0.3) is 11.0 Å². The first-order valence-electron chi connectivity index (χ1n) is 8.00. The van der Waals surface area contributed by atoms with Gasteiger partial charge in [-0.1, -0.05) is 6.92 Å². The lowest BCUT2D eigenvalue weighted by Crippen LogP contribution is -2.12. The molecular weight excluding hydrogens is 319 g/mol. The number of aryl methyl sites for hydroxylation is 2. The molecule has 1 aromatic heterocycles. The topological polar surface area (TPSA) is 70.7 Å². The van der Waals surface area contributed by atoms with Crippen LogP contribution in [0.5, 0.6) is 0 Å². The maximum Gasteiger partial charge on any atom is 0.255 e. The van der Waals surface area contributed by atoms with Gasteiger partial charge in [0.05, 0.1) is 22.7 Å². The minimum atomic E-state index is -0.617. The Kier molecular flexibility index (Phi) is 4.48. The highest BCUT2D eigenvalue weighted by atomic mass is 19.1. The van der Waals surface area contributed by atoms with Crippen molar-refractivity contribution >= 4 is 22.6 Å². The summed E-state index contributed by atoms with van der Waals surface area (Å²) in [5.74, 6) is -0.169. The van der Waals surface area contributed by atoms with Gasteiger partial charge in [-0.15, -0.1) is 0 Å². The van der Waals surface area contributed by atoms with E-state index in [0.29, 0.717) is 5.69 Å². The van der Waals surface area contributed by atoms with Gasteiger partial charge in [0.15, 0.2) is 0 Å². The van der Waals surface area contributed by atoms with Crippen LogP contribution in [0.1, 0.15) is 35.1 Å². The van der Waals surface area contributed by atoms with E-state index in [1.807, 2.05) is 19.1 Å². The van der Waals surface area contributed by atoms with Crippen molar-refractivity contribution in [1.82, 2.24) is 9.55 Å². The molecule has 0 saturated heterocycles. The predicted octanol–water partition coefficient (Wildman–Crippen LogP) is 4.02. The molecule has 25 heavy (non-hydrogen) atoms. The fourth-order valence-electron chi connectivity index (χ4n) is 2.82. The van der Waals surface area contributed by atoms with Crippen LogP contribution in [0, 0.1) is 24.1 Å². The average molecular weight is 336 g/mol. The molecule has 0 radical (unpaired) electrons. The summed E-state index contributed by atoms with van der Waals surface area (Å²) in [6.45, 7) is 4.94. The number of benzene rings is 2. The normalized spacial score (nSPS) is 10.6. The van der Waals surface area contributed by atoms with E-state index in [1.165, 1.54) is 6.07 Å². The Morgan fingerprint density at radius 1 is 1.32 bits per heavy atom. The predicted molar refractivity (Wildman–Crippen MR) is 93.8 cm³/mol. The van der Waals surface area contributed by atoms with E-state index in [9.17, 15) is 9.18 Å². The minimum absolute atomic E-state index is 0.101. The van der Waals surface area contributed by atoms with Crippen molar-refractivity contribution in [2.24, 2.45) is 0 Å². The Balaban J connectivity index is 1.89. The quantitative estimate of drug-likeness (QED) is 0.782. The van der Waals surface area contributed by atoms with Crippen LogP contribution < -0.4 is 5.32 Å². The van der Waals surface area contributed by atoms with Crippen LogP contribution in [-0.4, -0.2) is 15.5 Å². The molecule has 5 nitrogen and oxygen atoms in total. The smallest absolute Gasteiger partial charge is 0.255 e. The molecule has 0 fully saturated rings. The standard InChI is InChI=1S/C19H17FN4O/c1-3-6-24-12(2)22-17-10-16(4-5-18(17)24)23-19(25)14-7-13(11-21)8-15(20)9-14/h4-5,7-10H,3,6H2,1-2H3,(H,23,25). The fraction of sp³-hybridized carbons (Fsp3) is 0.211. The molecule has 0 aliphatic heterocycles. The number of carbonyl (C=O) groups is 1. The summed E-state index contributed by atoms with van der Waals surface area (Å²) in [4.78, 5) is 16.9. The van der Waals surface area contributed by atoms with Crippen LogP contribution in [0.4, 0.5) is 10.1 Å². The highest BCUT2D eigenvalue weighted by Gasteiger charge is 2.12. The molecule has 0 saturated carbocycles. The number of hydrogen-bond acceptors (Lipinski definition) is 3. The van der Waals surface area contributed by atoms with Gasteiger partial charge in [0, 0.05) is 17.8 Å². The Morgan fingerprint density at radius 3 is 2.84 bits per heavy atom. The summed E-state index contributed by atoms with van der Waals surface area (Å²) in [5, 5.41) is 11.6. The molecule has 3 rings (SSSR count). The van der Waals surface area contributed by atoms with E-state index in [4.69, 9.17) is 5.26 Å². The van der Waals surface area contributed by atoms with Gasteiger partial charge in [0.1, 0.15) is 11.6 Å². The van der Waals surface area contributed by atoms with E-state index in [-0.39, 0.29) is 11.1 Å². The number of anilines is 1. The number of fused-ring (bicyclic) bond motifs is 1. The second kappa shape index (κ2) is 6.73. The third-order valence-electron chi connectivity index (χ3n) is 3.93. The van der Waals surface area contributed by atoms with E-state index >= 15 is 0 Å². The average Bonchev–Trinajstić information content (AvgIpc) is 2.89. The summed E-state index contributed by atoms with van der Waals surface area (Å²) in [6.07, 6.45) is 1.01. The Morgan fingerprint density at radius 2 is 2.12 bits per heavy atom. The second-order valence-electron chi connectivity index (χ2n) is 5.81. The van der Waals surface area contributed by atoms with Crippen molar-refractivity contribution in [2.45, 2.75) is 26.8 Å². The fourth-order valence-corrected chi connectivity index (χ4v) is 2.82. The van der Waals surface area contributed by atoms with E-state index in [2.05, 4.69) is 21.8 Å². The Labute approximate surface area is 144 Å². The molecule has 1 amide bonds. The SMILES string of the molecule is CCCn1c(C)nc2cc(NC(=O)c3cc(F)cc(C#N)c3)ccc21. The summed E-state index contributed by atoms with van der Waals surface area (Å²) in [7, 11) is 0. The molecular formula is C19H17FN4O. The van der Waals surface area contributed by atoms with Crippen molar-refractivity contribution in [3.63, 3.8) is 0 Å². The number of hydrogen-bond donors (Lipinski definition) is 1. The highest BCUT2D eigenvalue weighted by molar-refractivity contribution is 6.05. The number of aromatic nitrogens is 2. The first kappa shape index (κ1) is 16.7. The molecule has 0 aliphatic carbocycles. The van der Waals surface area contributed by atoms with E-state index in [1.54, 1.807) is 12.1 Å². The van der Waals surface area contributed by atoms with Crippen LogP contribution in [0.15, 0.2) is 36.4 Å². The minimum Gasteiger partial charge on any atom is -0.328 e. The second-order valence-corrected chi connectivity index (χ2v) is 5.81. The first-order valence-corrected chi connectivity index (χ1v) is 8.00. The van der Waals surface area contributed by atoms with E-state index in [0.717, 1.165) is 42.0 Å². The summed E-state index contributed by atoms with van der Waals surface area (Å²) >= 11 is 0. The molecule has 0 atom stereocenters. The molecule has 6 heteroatoms. The van der Waals surface area contributed by atoms with Gasteiger partial charge in [-0.3, -0.25) is 4.79 Å². The molecule has 1 heterocycles. The number of nitrogens with one attached hydrogen (secondary N) is 1. The molecule has 0 spiro atoms. The van der Waals surface area contributed by atoms with Gasteiger partial charge in [-0.25, -0.2) is 9.37 Å². The monoisotopic (exact) mass is 336 g/mol. The maximum atomic E-state index is 13.5. The van der Waals surface area contributed by atoms with Gasteiger partial charge in [-0.2, -0.15) is 5.26 Å². The zero-order valence-electron chi connectivity index (χ0n) is 14.0. The number of amides is 1. The summed E-state index contributed by atoms with van der Waals surface area (Å²) in [6, 6.07) is 10.9. The molecule has 0 bridgehead atoms. The largest absolute Gasteiger partial charge is 0.328 e. The highest BCUT2D eigenvalue weighted by Crippen LogP contribution is 2.21. The van der Waals surface area contributed by atoms with Crippen LogP contribution >= 0.6 is 0 Å². The van der Waals surface area contributed by atoms with Gasteiger partial charge in [-0.05, 0) is 49.7 Å². The molecule has 126 valence electrons. The number of carbonyl (C=O) groups excluding carboxylic acids is 1. The lowest BCUT2D eigenvalue weighted by atomic mass is 10.1. The summed E-state index contributed by atoms with van der Waals surface area (Å²) in [5.41, 5.74) is 2.58. The third kappa shape index (κ3) is 3.36. The van der Waals surface area contributed by atoms with Crippen LogP contribution in [0.2, 0.25) is 0 Å². The van der Waals surface area contributed by atoms with Gasteiger partial charge >= 0.3 is 0 Å². The van der Waals surface area contributed by atoms with Crippen molar-refractivity contribution in [2.75, 3.05) is 5.32 Å². The van der Waals surface area contributed by atoms with Gasteiger partial charge in [0.25, 0.3) is 5.91 Å². The third-order valence-corrected chi connectivity index (χ3v) is 3.93. The zero-order valence-corrected chi connectivity index (χ0v) is 14.0. The number of nitrogens with zero attached hydrogens (tertiary/aromatic N) is 3. The molecule has 3 aromatic rings. The lowest BCUT2D eigenvalue weighted by molar-refractivity contribution is 0.102. The van der Waals surface area contributed by atoms with Crippen molar-refractivity contribution in [3.8, 4) is 6.07 Å². The van der Waals surface area contributed by atoms with Gasteiger partial charge < -0.3 is 9.88 Å². The number of nitriles is 1. The summed E-state index contributed by atoms with van der Waals surface area (Å²) < 4.78 is 15.6. The number of imidazole rings is 1. The molecule has 2 aromatic carbocycles. The van der Waals surface area contributed by atoms with Crippen LogP contribution in [0.3, 0.4) is 0 Å². The van der Waals surface area contributed by atoms with E-state index < -0.39 is 11.7 Å². The molecule has 0 unspecified atom stereocenters. The maximum absolute atomic E-state index is 13.5. The zero-order chi connectivity index (χ0) is 18.0.